The quantitative estimate of drug-likeness (QED) is 0.587. The number of para-hydroxylation sites is 1. The molecule has 1 rings (SSSR count). The van der Waals surface area contributed by atoms with Gasteiger partial charge >= 0.3 is 0 Å². The minimum atomic E-state index is 0.296. The van der Waals surface area contributed by atoms with Gasteiger partial charge in [-0.1, -0.05) is 29.8 Å². The molecule has 0 aliphatic rings. The third-order valence-corrected chi connectivity index (χ3v) is 1.86. The number of phenols is 1. The van der Waals surface area contributed by atoms with Crippen molar-refractivity contribution in [1.29, 1.82) is 0 Å². The molecule has 1 N–H and O–H groups in total. The number of hydrogen-bond acceptors (Lipinski definition) is 2. The van der Waals surface area contributed by atoms with Crippen LogP contribution in [0.4, 0.5) is 0 Å². The summed E-state index contributed by atoms with van der Waals surface area (Å²) in [6, 6.07) is 7.21. The Morgan fingerprint density at radius 2 is 2.07 bits per heavy atom. The number of aromatic hydroxyl groups is 1. The minimum Gasteiger partial charge on any atom is -0.508 e. The Balaban J connectivity index is 2.39. The van der Waals surface area contributed by atoms with Crippen molar-refractivity contribution in [2.24, 2.45) is 0 Å². The van der Waals surface area contributed by atoms with Gasteiger partial charge in [0.25, 0.3) is 0 Å². The molecule has 0 radical (unpaired) electrons. The van der Waals surface area contributed by atoms with Gasteiger partial charge in [-0.25, -0.2) is 0 Å². The largest absolute Gasteiger partial charge is 0.508 e. The Kier molecular flexibility index (Phi) is 4.20. The number of ether oxygens (including phenoxy) is 1. The van der Waals surface area contributed by atoms with Gasteiger partial charge in [0.15, 0.2) is 0 Å². The first kappa shape index (κ1) is 10.8. The lowest BCUT2D eigenvalue weighted by atomic mass is 10.2. The predicted octanol–water partition coefficient (Wildman–Crippen LogP) is 2.88. The molecule has 1 aromatic rings. The summed E-state index contributed by atoms with van der Waals surface area (Å²) >= 11 is 0. The molecule has 0 bridgehead atoms. The topological polar surface area (TPSA) is 29.5 Å². The average Bonchev–Trinajstić information content (AvgIpc) is 2.15. The third-order valence-electron chi connectivity index (χ3n) is 1.86. The fourth-order valence-electron chi connectivity index (χ4n) is 1.03. The zero-order valence-corrected chi connectivity index (χ0v) is 8.66. The van der Waals surface area contributed by atoms with E-state index in [9.17, 15) is 5.11 Å². The minimum absolute atomic E-state index is 0.296. The van der Waals surface area contributed by atoms with Crippen molar-refractivity contribution in [1.82, 2.24) is 0 Å². The summed E-state index contributed by atoms with van der Waals surface area (Å²) in [7, 11) is 0. The van der Waals surface area contributed by atoms with Crippen molar-refractivity contribution in [2.45, 2.75) is 20.5 Å². The number of benzene rings is 1. The SMILES string of the molecule is CC(C)=CCOCc1ccccc1O. The van der Waals surface area contributed by atoms with Gasteiger partial charge in [0.1, 0.15) is 5.75 Å². The molecule has 0 aliphatic heterocycles. The normalized spacial score (nSPS) is 9.86. The van der Waals surface area contributed by atoms with E-state index in [1.165, 1.54) is 5.57 Å². The number of rotatable bonds is 4. The summed E-state index contributed by atoms with van der Waals surface area (Å²) in [6.45, 7) is 5.11. The molecule has 0 atom stereocenters. The molecule has 0 heterocycles. The number of phenolic OH excluding ortho intramolecular Hbond substituents is 1. The summed E-state index contributed by atoms with van der Waals surface area (Å²) < 4.78 is 5.37. The predicted molar refractivity (Wildman–Crippen MR) is 57.2 cm³/mol. The van der Waals surface area contributed by atoms with Crippen molar-refractivity contribution in [3.63, 3.8) is 0 Å². The lowest BCUT2D eigenvalue weighted by Crippen LogP contribution is -1.93. The van der Waals surface area contributed by atoms with Crippen molar-refractivity contribution < 1.29 is 9.84 Å². The molecule has 0 aliphatic carbocycles. The molecule has 0 aromatic heterocycles. The van der Waals surface area contributed by atoms with Crippen LogP contribution < -0.4 is 0 Å². The molecular weight excluding hydrogens is 176 g/mol. The second-order valence-electron chi connectivity index (χ2n) is 3.43. The average molecular weight is 192 g/mol. The molecule has 76 valence electrons. The highest BCUT2D eigenvalue weighted by molar-refractivity contribution is 5.30. The second kappa shape index (κ2) is 5.45. The van der Waals surface area contributed by atoms with Gasteiger partial charge in [0, 0.05) is 5.56 Å². The van der Waals surface area contributed by atoms with E-state index in [1.807, 2.05) is 32.1 Å². The summed E-state index contributed by atoms with van der Waals surface area (Å²) in [4.78, 5) is 0. The Morgan fingerprint density at radius 1 is 1.36 bits per heavy atom. The highest BCUT2D eigenvalue weighted by Gasteiger charge is 1.97. The maximum Gasteiger partial charge on any atom is 0.121 e. The summed E-state index contributed by atoms with van der Waals surface area (Å²) in [5.41, 5.74) is 2.07. The third kappa shape index (κ3) is 3.62. The molecule has 2 heteroatoms. The molecule has 0 saturated heterocycles. The maximum atomic E-state index is 9.42. The van der Waals surface area contributed by atoms with Crippen LogP contribution in [0, 0.1) is 0 Å². The van der Waals surface area contributed by atoms with Crippen LogP contribution in [-0.4, -0.2) is 11.7 Å². The van der Waals surface area contributed by atoms with Gasteiger partial charge in [-0.3, -0.25) is 0 Å². The van der Waals surface area contributed by atoms with Crippen LogP contribution in [0.3, 0.4) is 0 Å². The smallest absolute Gasteiger partial charge is 0.121 e. The molecule has 1 aromatic carbocycles. The van der Waals surface area contributed by atoms with E-state index >= 15 is 0 Å². The first-order chi connectivity index (χ1) is 6.70. The van der Waals surface area contributed by atoms with E-state index in [1.54, 1.807) is 12.1 Å². The van der Waals surface area contributed by atoms with Gasteiger partial charge in [0.05, 0.1) is 13.2 Å². The summed E-state index contributed by atoms with van der Waals surface area (Å²) in [5, 5.41) is 9.42. The van der Waals surface area contributed by atoms with E-state index in [4.69, 9.17) is 4.74 Å². The Hall–Kier alpha value is -1.28. The zero-order valence-electron chi connectivity index (χ0n) is 8.66. The lowest BCUT2D eigenvalue weighted by Gasteiger charge is -2.03. The van der Waals surface area contributed by atoms with E-state index in [0.29, 0.717) is 19.0 Å². The molecule has 0 unspecified atom stereocenters. The van der Waals surface area contributed by atoms with Crippen LogP contribution in [0.1, 0.15) is 19.4 Å². The summed E-state index contributed by atoms with van der Waals surface area (Å²) in [6.07, 6.45) is 2.01. The highest BCUT2D eigenvalue weighted by Crippen LogP contribution is 2.16. The number of hydrogen-bond donors (Lipinski definition) is 1. The molecule has 0 fully saturated rings. The van der Waals surface area contributed by atoms with E-state index in [-0.39, 0.29) is 0 Å². The fraction of sp³-hybridized carbons (Fsp3) is 0.333. The van der Waals surface area contributed by atoms with E-state index in [0.717, 1.165) is 5.56 Å². The molecule has 0 spiro atoms. The highest BCUT2D eigenvalue weighted by atomic mass is 16.5. The first-order valence-electron chi connectivity index (χ1n) is 4.68. The van der Waals surface area contributed by atoms with Gasteiger partial charge in [-0.05, 0) is 19.9 Å². The van der Waals surface area contributed by atoms with Gasteiger partial charge in [0.2, 0.25) is 0 Å². The van der Waals surface area contributed by atoms with Crippen molar-refractivity contribution >= 4 is 0 Å². The lowest BCUT2D eigenvalue weighted by molar-refractivity contribution is 0.146. The van der Waals surface area contributed by atoms with Crippen LogP contribution in [0.15, 0.2) is 35.9 Å². The van der Waals surface area contributed by atoms with E-state index < -0.39 is 0 Å². The fourth-order valence-corrected chi connectivity index (χ4v) is 1.03. The summed E-state index contributed by atoms with van der Waals surface area (Å²) in [5.74, 6) is 0.296. The van der Waals surface area contributed by atoms with E-state index in [2.05, 4.69) is 0 Å². The molecule has 0 amide bonds. The van der Waals surface area contributed by atoms with Gasteiger partial charge in [-0.2, -0.15) is 0 Å². The van der Waals surface area contributed by atoms with Crippen LogP contribution in [-0.2, 0) is 11.3 Å². The van der Waals surface area contributed by atoms with Crippen molar-refractivity contribution in [3.05, 3.63) is 41.5 Å². The van der Waals surface area contributed by atoms with Crippen LogP contribution in [0.2, 0.25) is 0 Å². The Labute approximate surface area is 84.8 Å². The standard InChI is InChI=1S/C12H16O2/c1-10(2)7-8-14-9-11-5-3-4-6-12(11)13/h3-7,13H,8-9H2,1-2H3. The van der Waals surface area contributed by atoms with Gasteiger partial charge in [-0.15, -0.1) is 0 Å². The number of allylic oxidation sites excluding steroid dienone is 1. The first-order valence-corrected chi connectivity index (χ1v) is 4.68. The van der Waals surface area contributed by atoms with Crippen LogP contribution >= 0.6 is 0 Å². The van der Waals surface area contributed by atoms with Crippen LogP contribution in [0.5, 0.6) is 5.75 Å². The van der Waals surface area contributed by atoms with Crippen molar-refractivity contribution in [3.8, 4) is 5.75 Å². The molecule has 14 heavy (non-hydrogen) atoms. The molecular formula is C12H16O2. The molecule has 0 saturated carbocycles. The Bertz CT molecular complexity index is 312. The van der Waals surface area contributed by atoms with Crippen molar-refractivity contribution in [2.75, 3.05) is 6.61 Å². The zero-order chi connectivity index (χ0) is 10.4. The molecule has 2 nitrogen and oxygen atoms in total. The Morgan fingerprint density at radius 3 is 2.71 bits per heavy atom. The maximum absolute atomic E-state index is 9.42. The second-order valence-corrected chi connectivity index (χ2v) is 3.43. The monoisotopic (exact) mass is 192 g/mol. The van der Waals surface area contributed by atoms with Crippen LogP contribution in [0.25, 0.3) is 0 Å². The van der Waals surface area contributed by atoms with Gasteiger partial charge < -0.3 is 9.84 Å².